The topological polar surface area (TPSA) is 13.1 Å². The molecule has 0 saturated heterocycles. The molecule has 0 atom stereocenters. The SMILES string of the molecule is Cc1ccc(-c2c(C)cccc2C)cc1.Cc1ccc(-c2cc(C)cc(C)c2)cc1.Cc1ccc(-c2ccc(C)cc2)cc1.Cc1ccc(-c2ccc(C)cc2C)cc1.Cc1ccc(-c2cccc(C)c2)cc1.Cc1ccc(-c2ccccc2C)cc1.Cc1cccs1.Cc1ccoc1.Cc1ccsc1. The Hall–Kier alpha value is -10.7. The molecule has 15 aromatic rings. The van der Waals surface area contributed by atoms with E-state index in [2.05, 4.69) is 425 Å². The van der Waals surface area contributed by atoms with Gasteiger partial charge in [-0.1, -0.05) is 340 Å². The highest BCUT2D eigenvalue weighted by Gasteiger charge is 2.06. The fourth-order valence-corrected chi connectivity index (χ4v) is 12.7. The summed E-state index contributed by atoms with van der Waals surface area (Å²) in [5.41, 5.74) is 38.1. The molecule has 0 amide bonds. The fraction of sp³-hybridized carbons (Fsp3) is 0.176. The van der Waals surface area contributed by atoms with Crippen molar-refractivity contribution in [2.45, 2.75) is 125 Å². The number of hydrogen-bond acceptors (Lipinski definition) is 3. The third-order valence-electron chi connectivity index (χ3n) is 17.5. The van der Waals surface area contributed by atoms with Crippen molar-refractivity contribution in [3.05, 3.63) is 425 Å². The molecular weight excluding hydrogens is 1310 g/mol. The van der Waals surface area contributed by atoms with Crippen LogP contribution in [0.15, 0.2) is 330 Å². The van der Waals surface area contributed by atoms with Gasteiger partial charge in [0.25, 0.3) is 0 Å². The molecule has 0 aliphatic rings. The lowest BCUT2D eigenvalue weighted by atomic mass is 9.95. The van der Waals surface area contributed by atoms with E-state index in [0.29, 0.717) is 0 Å². The number of benzene rings is 12. The number of aryl methyl sites for hydroxylation is 18. The molecule has 1 nitrogen and oxygen atoms in total. The van der Waals surface area contributed by atoms with Gasteiger partial charge in [0.1, 0.15) is 0 Å². The van der Waals surface area contributed by atoms with Gasteiger partial charge < -0.3 is 4.42 Å². The lowest BCUT2D eigenvalue weighted by Crippen LogP contribution is -1.87. The van der Waals surface area contributed by atoms with Crippen molar-refractivity contribution in [2.24, 2.45) is 0 Å². The highest BCUT2D eigenvalue weighted by molar-refractivity contribution is 7.09. The summed E-state index contributed by atoms with van der Waals surface area (Å²) in [5, 5.41) is 6.28. The van der Waals surface area contributed by atoms with Gasteiger partial charge in [0, 0.05) is 4.88 Å². The second-order valence-electron chi connectivity index (χ2n) is 27.5. The molecule has 0 saturated carbocycles. The van der Waals surface area contributed by atoms with E-state index in [1.165, 1.54) is 166 Å². The number of thiophene rings is 2. The molecule has 0 aliphatic heterocycles. The van der Waals surface area contributed by atoms with E-state index in [9.17, 15) is 0 Å². The van der Waals surface area contributed by atoms with Gasteiger partial charge in [-0.25, -0.2) is 0 Å². The first-order valence-electron chi connectivity index (χ1n) is 36.3. The van der Waals surface area contributed by atoms with E-state index >= 15 is 0 Å². The van der Waals surface area contributed by atoms with Crippen LogP contribution in [-0.2, 0) is 0 Å². The highest BCUT2D eigenvalue weighted by atomic mass is 32.1. The standard InChI is InChI=1S/3C15H16.3C14H14.C5H6O.2C5H6S/c1-11-4-7-14(8-5-11)15-9-6-12(2)10-13(15)3;1-11-4-6-14(7-5-11)15-9-12(2)8-13(3)10-15;1-11-7-9-14(10-8-11)15-12(2)5-4-6-13(15)3;1-11-3-7-13(8-4-11)14-9-5-12(2)6-10-14;1-11-6-8-13(9-7-11)14-5-3-4-12(2)10-14;1-11-7-9-13(10-8-11)14-6-4-3-5-12(14)2;2*1-5-2-3-6-4-5;1-5-3-2-4-6-5/h3*4-10H,1-3H3;3*3-10H,1-2H3;3*2-4H,1H3. The minimum atomic E-state index is 1.18. The van der Waals surface area contributed by atoms with Crippen LogP contribution in [-0.4, -0.2) is 0 Å². The van der Waals surface area contributed by atoms with Gasteiger partial charge in [-0.05, 0) is 259 Å². The van der Waals surface area contributed by atoms with Crippen molar-refractivity contribution in [2.75, 3.05) is 0 Å². The smallest absolute Gasteiger partial charge is 0.0931 e. The summed E-state index contributed by atoms with van der Waals surface area (Å²) in [6, 6.07) is 106. The Kier molecular flexibility index (Phi) is 33.3. The summed E-state index contributed by atoms with van der Waals surface area (Å²) in [4.78, 5) is 1.38. The molecule has 3 heteroatoms. The molecule has 0 N–H and O–H groups in total. The van der Waals surface area contributed by atoms with E-state index in [-0.39, 0.29) is 0 Å². The number of furan rings is 1. The van der Waals surface area contributed by atoms with Gasteiger partial charge in [-0.3, -0.25) is 0 Å². The van der Waals surface area contributed by atoms with E-state index < -0.39 is 0 Å². The second-order valence-corrected chi connectivity index (χ2v) is 29.5. The van der Waals surface area contributed by atoms with Crippen LogP contribution in [0.2, 0.25) is 0 Å². The molecule has 3 aromatic heterocycles. The van der Waals surface area contributed by atoms with Crippen molar-refractivity contribution >= 4 is 22.7 Å². The van der Waals surface area contributed by atoms with Gasteiger partial charge in [0.2, 0.25) is 0 Å². The second kappa shape index (κ2) is 42.8. The Bertz CT molecular complexity index is 4760. The lowest BCUT2D eigenvalue weighted by Gasteiger charge is -2.09. The molecule has 105 heavy (non-hydrogen) atoms. The molecule has 0 bridgehead atoms. The summed E-state index contributed by atoms with van der Waals surface area (Å²) in [5.74, 6) is 0. The Balaban J connectivity index is 0.000000168. The number of hydrogen-bond donors (Lipinski definition) is 0. The Morgan fingerprint density at radius 1 is 0.210 bits per heavy atom. The molecule has 534 valence electrons. The average molecular weight is 1410 g/mol. The van der Waals surface area contributed by atoms with Crippen LogP contribution in [0.5, 0.6) is 0 Å². The summed E-state index contributed by atoms with van der Waals surface area (Å²) in [6.45, 7) is 38.2. The molecule has 12 aromatic carbocycles. The van der Waals surface area contributed by atoms with Gasteiger partial charge in [0.15, 0.2) is 0 Å². The summed E-state index contributed by atoms with van der Waals surface area (Å²) in [7, 11) is 0. The minimum Gasteiger partial charge on any atom is -0.472 e. The zero-order valence-corrected chi connectivity index (χ0v) is 67.0. The molecular formula is C102H108OS2. The van der Waals surface area contributed by atoms with E-state index in [1.807, 2.05) is 13.0 Å². The van der Waals surface area contributed by atoms with Crippen LogP contribution in [0, 0.1) is 125 Å². The van der Waals surface area contributed by atoms with Gasteiger partial charge in [-0.15, -0.1) is 11.3 Å². The first-order chi connectivity index (χ1) is 50.5. The Morgan fingerprint density at radius 2 is 0.590 bits per heavy atom. The predicted octanol–water partition coefficient (Wildman–Crippen LogP) is 30.4. The fourth-order valence-electron chi connectivity index (χ4n) is 11.5. The maximum absolute atomic E-state index is 4.71. The maximum atomic E-state index is 4.71. The molecule has 3 heterocycles. The van der Waals surface area contributed by atoms with Crippen molar-refractivity contribution in [3.63, 3.8) is 0 Å². The van der Waals surface area contributed by atoms with Gasteiger partial charge >= 0.3 is 0 Å². The molecule has 0 spiro atoms. The quantitative estimate of drug-likeness (QED) is 0.162. The zero-order chi connectivity index (χ0) is 75.6. The third kappa shape index (κ3) is 28.8. The van der Waals surface area contributed by atoms with Crippen LogP contribution < -0.4 is 0 Å². The first-order valence-corrected chi connectivity index (χ1v) is 38.1. The monoisotopic (exact) mass is 1410 g/mol. The van der Waals surface area contributed by atoms with Crippen LogP contribution in [0.4, 0.5) is 0 Å². The summed E-state index contributed by atoms with van der Waals surface area (Å²) in [6.07, 6.45) is 3.37. The van der Waals surface area contributed by atoms with Crippen molar-refractivity contribution in [1.82, 2.24) is 0 Å². The predicted molar refractivity (Wildman–Crippen MR) is 464 cm³/mol. The molecule has 0 unspecified atom stereocenters. The van der Waals surface area contributed by atoms with E-state index in [0.717, 1.165) is 0 Å². The highest BCUT2D eigenvalue weighted by Crippen LogP contribution is 2.30. The minimum absolute atomic E-state index is 1.18. The largest absolute Gasteiger partial charge is 0.472 e. The van der Waals surface area contributed by atoms with E-state index in [4.69, 9.17) is 4.42 Å². The normalized spacial score (nSPS) is 10.0. The van der Waals surface area contributed by atoms with Crippen molar-refractivity contribution in [1.29, 1.82) is 0 Å². The molecule has 0 radical (unpaired) electrons. The Morgan fingerprint density at radius 3 is 0.933 bits per heavy atom. The molecule has 0 aliphatic carbocycles. The third-order valence-corrected chi connectivity index (χ3v) is 19.1. The lowest BCUT2D eigenvalue weighted by molar-refractivity contribution is 0.565. The summed E-state index contributed by atoms with van der Waals surface area (Å²) >= 11 is 3.52. The molecule has 0 fully saturated rings. The maximum Gasteiger partial charge on any atom is 0.0931 e. The average Bonchev–Trinajstić information content (AvgIpc) is 1.70. The molecule has 15 rings (SSSR count). The first kappa shape index (κ1) is 81.6. The van der Waals surface area contributed by atoms with Crippen molar-refractivity contribution < 1.29 is 4.42 Å². The van der Waals surface area contributed by atoms with Gasteiger partial charge in [-0.2, -0.15) is 11.3 Å². The van der Waals surface area contributed by atoms with Gasteiger partial charge in [0.05, 0.1) is 12.5 Å². The summed E-state index contributed by atoms with van der Waals surface area (Å²) < 4.78 is 4.71. The van der Waals surface area contributed by atoms with Crippen LogP contribution in [0.3, 0.4) is 0 Å². The van der Waals surface area contributed by atoms with Crippen LogP contribution in [0.1, 0.15) is 99.5 Å². The van der Waals surface area contributed by atoms with Crippen LogP contribution >= 0.6 is 22.7 Å². The number of rotatable bonds is 6. The Labute approximate surface area is 639 Å². The van der Waals surface area contributed by atoms with Crippen molar-refractivity contribution in [3.8, 4) is 66.8 Å². The van der Waals surface area contributed by atoms with Crippen LogP contribution in [0.25, 0.3) is 66.8 Å². The zero-order valence-electron chi connectivity index (χ0n) is 65.4. The van der Waals surface area contributed by atoms with E-state index in [1.54, 1.807) is 35.2 Å².